The minimum absolute atomic E-state index is 0.103. The van der Waals surface area contributed by atoms with Gasteiger partial charge in [0, 0.05) is 30.3 Å². The van der Waals surface area contributed by atoms with E-state index in [-0.39, 0.29) is 13.2 Å². The van der Waals surface area contributed by atoms with Crippen LogP contribution in [0.2, 0.25) is 0 Å². The molecular weight excluding hydrogens is 372 g/mol. The summed E-state index contributed by atoms with van der Waals surface area (Å²) in [6.07, 6.45) is 1.51. The maximum atomic E-state index is 12.6. The Balaban J connectivity index is 1.83. The second kappa shape index (κ2) is 7.75. The van der Waals surface area contributed by atoms with E-state index >= 15 is 0 Å². The van der Waals surface area contributed by atoms with E-state index in [1.807, 2.05) is 0 Å². The zero-order valence-corrected chi connectivity index (χ0v) is 16.0. The molecule has 0 spiro atoms. The average Bonchev–Trinajstić information content (AvgIpc) is 3.12. The first-order valence-corrected chi connectivity index (χ1v) is 9.47. The van der Waals surface area contributed by atoms with Crippen LogP contribution in [0.5, 0.6) is 23.0 Å². The van der Waals surface area contributed by atoms with Crippen LogP contribution in [0, 0.1) is 0 Å². The Bertz CT molecular complexity index is 933. The monoisotopic (exact) mass is 392 g/mol. The lowest BCUT2D eigenvalue weighted by molar-refractivity contribution is 0.360. The van der Waals surface area contributed by atoms with Crippen molar-refractivity contribution in [1.29, 1.82) is 0 Å². The van der Waals surface area contributed by atoms with Crippen LogP contribution >= 0.6 is 0 Å². The van der Waals surface area contributed by atoms with Gasteiger partial charge in [-0.15, -0.1) is 0 Å². The average molecular weight is 392 g/mol. The second-order valence-corrected chi connectivity index (χ2v) is 7.12. The molecule has 0 unspecified atom stereocenters. The molecular formula is C18H20N2O6S. The van der Waals surface area contributed by atoms with Crippen LogP contribution in [-0.2, 0) is 16.6 Å². The first kappa shape index (κ1) is 18.8. The summed E-state index contributed by atoms with van der Waals surface area (Å²) in [7, 11) is 0.651. The molecule has 27 heavy (non-hydrogen) atoms. The molecule has 1 aliphatic heterocycles. The summed E-state index contributed by atoms with van der Waals surface area (Å²) < 4.78 is 51.3. The van der Waals surface area contributed by atoms with Crippen molar-refractivity contribution in [2.24, 2.45) is 4.40 Å². The standard InChI is InChI=1S/C18H20N2O6S/c1-23-13-10-17(24-2)14(18(11-13)25-3)8-9-19-27(21,22)20-12-26-16-7-5-4-6-15(16)20/h4-7,9-11H,8,12H2,1-3H3. The predicted molar refractivity (Wildman–Crippen MR) is 102 cm³/mol. The van der Waals surface area contributed by atoms with Gasteiger partial charge >= 0.3 is 10.2 Å². The summed E-state index contributed by atoms with van der Waals surface area (Å²) in [6, 6.07) is 10.3. The van der Waals surface area contributed by atoms with E-state index in [0.29, 0.717) is 34.2 Å². The number of rotatable bonds is 7. The number of methoxy groups -OCH3 is 3. The summed E-state index contributed by atoms with van der Waals surface area (Å²) in [5.41, 5.74) is 1.13. The first-order valence-electron chi connectivity index (χ1n) is 8.07. The fourth-order valence-corrected chi connectivity index (χ4v) is 3.69. The topological polar surface area (TPSA) is 86.7 Å². The molecule has 0 atom stereocenters. The van der Waals surface area contributed by atoms with Crippen LogP contribution in [0.25, 0.3) is 0 Å². The zero-order valence-electron chi connectivity index (χ0n) is 15.2. The van der Waals surface area contributed by atoms with Gasteiger partial charge in [-0.05, 0) is 12.1 Å². The Hall–Kier alpha value is -2.94. The van der Waals surface area contributed by atoms with E-state index in [2.05, 4.69) is 4.40 Å². The third kappa shape index (κ3) is 3.77. The molecule has 0 amide bonds. The van der Waals surface area contributed by atoms with Gasteiger partial charge in [-0.2, -0.15) is 12.8 Å². The van der Waals surface area contributed by atoms with Gasteiger partial charge in [0.1, 0.15) is 23.0 Å². The van der Waals surface area contributed by atoms with E-state index in [9.17, 15) is 8.42 Å². The number of hydrogen-bond donors (Lipinski definition) is 0. The molecule has 2 aromatic rings. The molecule has 8 nitrogen and oxygen atoms in total. The molecule has 0 aromatic heterocycles. The van der Waals surface area contributed by atoms with Gasteiger partial charge in [0.2, 0.25) is 0 Å². The lowest BCUT2D eigenvalue weighted by atomic mass is 10.1. The third-order valence-corrected chi connectivity index (χ3v) is 5.34. The SMILES string of the molecule is COc1cc(OC)c(CC=NS(=O)(=O)N2COc3ccccc32)c(OC)c1. The number of hydrogen-bond acceptors (Lipinski definition) is 6. The Morgan fingerprint density at radius 3 is 2.41 bits per heavy atom. The van der Waals surface area contributed by atoms with Crippen molar-refractivity contribution in [3.05, 3.63) is 42.0 Å². The van der Waals surface area contributed by atoms with Gasteiger partial charge in [-0.1, -0.05) is 12.1 Å². The Kier molecular flexibility index (Phi) is 5.41. The molecule has 2 aromatic carbocycles. The lowest BCUT2D eigenvalue weighted by Crippen LogP contribution is -2.28. The number of ether oxygens (including phenoxy) is 4. The fraction of sp³-hybridized carbons (Fsp3) is 0.278. The molecule has 0 saturated carbocycles. The molecule has 0 fully saturated rings. The fourth-order valence-electron chi connectivity index (χ4n) is 2.73. The molecule has 3 rings (SSSR count). The summed E-state index contributed by atoms with van der Waals surface area (Å²) in [4.78, 5) is 0. The normalized spacial score (nSPS) is 13.4. The summed E-state index contributed by atoms with van der Waals surface area (Å²) in [6.45, 7) is -0.103. The van der Waals surface area contributed by atoms with Crippen LogP contribution in [0.15, 0.2) is 40.8 Å². The largest absolute Gasteiger partial charge is 0.496 e. The molecule has 0 radical (unpaired) electrons. The molecule has 0 aliphatic carbocycles. The van der Waals surface area contributed by atoms with E-state index in [1.165, 1.54) is 27.5 Å². The van der Waals surface area contributed by atoms with Gasteiger partial charge in [0.15, 0.2) is 6.73 Å². The minimum atomic E-state index is -3.92. The van der Waals surface area contributed by atoms with Gasteiger partial charge in [0.05, 0.1) is 27.0 Å². The summed E-state index contributed by atoms with van der Waals surface area (Å²) in [5.74, 6) is 2.12. The number of fused-ring (bicyclic) bond motifs is 1. The Morgan fingerprint density at radius 1 is 1.11 bits per heavy atom. The highest BCUT2D eigenvalue weighted by Crippen LogP contribution is 2.36. The van der Waals surface area contributed by atoms with Crippen molar-refractivity contribution < 1.29 is 27.4 Å². The number of benzene rings is 2. The number of nitrogens with zero attached hydrogens (tertiary/aromatic N) is 2. The van der Waals surface area contributed by atoms with Crippen LogP contribution in [0.4, 0.5) is 5.69 Å². The van der Waals surface area contributed by atoms with Crippen molar-refractivity contribution in [3.63, 3.8) is 0 Å². The maximum absolute atomic E-state index is 12.6. The van der Waals surface area contributed by atoms with E-state index in [0.717, 1.165) is 4.31 Å². The minimum Gasteiger partial charge on any atom is -0.496 e. The first-order chi connectivity index (χ1) is 13.0. The Morgan fingerprint density at radius 2 is 1.78 bits per heavy atom. The van der Waals surface area contributed by atoms with E-state index in [1.54, 1.807) is 36.4 Å². The quantitative estimate of drug-likeness (QED) is 0.673. The van der Waals surface area contributed by atoms with Crippen molar-refractivity contribution in [3.8, 4) is 23.0 Å². The summed E-state index contributed by atoms with van der Waals surface area (Å²) >= 11 is 0. The molecule has 1 heterocycles. The van der Waals surface area contributed by atoms with Crippen LogP contribution < -0.4 is 23.3 Å². The predicted octanol–water partition coefficient (Wildman–Crippen LogP) is 2.43. The van der Waals surface area contributed by atoms with Crippen molar-refractivity contribution in [1.82, 2.24) is 0 Å². The molecule has 1 aliphatic rings. The molecule has 0 N–H and O–H groups in total. The van der Waals surface area contributed by atoms with Crippen LogP contribution in [0.3, 0.4) is 0 Å². The van der Waals surface area contributed by atoms with Gasteiger partial charge < -0.3 is 18.9 Å². The summed E-state index contributed by atoms with van der Waals surface area (Å²) in [5, 5.41) is 0. The number of para-hydroxylation sites is 2. The zero-order chi connectivity index (χ0) is 19.4. The Labute approximate surface area is 158 Å². The maximum Gasteiger partial charge on any atom is 0.347 e. The van der Waals surface area contributed by atoms with Crippen LogP contribution in [-0.4, -0.2) is 42.7 Å². The molecule has 9 heteroatoms. The van der Waals surface area contributed by atoms with Gasteiger partial charge in [-0.3, -0.25) is 0 Å². The highest BCUT2D eigenvalue weighted by molar-refractivity contribution is 7.91. The van der Waals surface area contributed by atoms with Crippen LogP contribution in [0.1, 0.15) is 5.56 Å². The molecule has 0 bridgehead atoms. The third-order valence-electron chi connectivity index (χ3n) is 4.07. The molecule has 0 saturated heterocycles. The highest BCUT2D eigenvalue weighted by atomic mass is 32.2. The second-order valence-electron chi connectivity index (χ2n) is 5.57. The van der Waals surface area contributed by atoms with Crippen molar-refractivity contribution in [2.75, 3.05) is 32.4 Å². The lowest BCUT2D eigenvalue weighted by Gasteiger charge is -2.14. The van der Waals surface area contributed by atoms with Crippen molar-refractivity contribution in [2.45, 2.75) is 6.42 Å². The smallest absolute Gasteiger partial charge is 0.347 e. The highest BCUT2D eigenvalue weighted by Gasteiger charge is 2.29. The van der Waals surface area contributed by atoms with Gasteiger partial charge in [0.25, 0.3) is 0 Å². The van der Waals surface area contributed by atoms with E-state index in [4.69, 9.17) is 18.9 Å². The van der Waals surface area contributed by atoms with Crippen molar-refractivity contribution >= 4 is 22.1 Å². The number of anilines is 1. The van der Waals surface area contributed by atoms with E-state index < -0.39 is 10.2 Å². The molecule has 144 valence electrons. The van der Waals surface area contributed by atoms with Gasteiger partial charge in [-0.25, -0.2) is 4.31 Å².